The third-order valence-electron chi connectivity index (χ3n) is 1.51. The zero-order valence-corrected chi connectivity index (χ0v) is 5.56. The van der Waals surface area contributed by atoms with Crippen molar-refractivity contribution in [3.63, 3.8) is 0 Å². The number of aliphatic hydroxyl groups is 1. The van der Waals surface area contributed by atoms with Gasteiger partial charge in [0.1, 0.15) is 18.6 Å². The van der Waals surface area contributed by atoms with Crippen LogP contribution in [-0.4, -0.2) is 29.8 Å². The van der Waals surface area contributed by atoms with Crippen LogP contribution in [0, 0.1) is 0 Å². The molecule has 1 fully saturated rings. The highest BCUT2D eigenvalue weighted by molar-refractivity contribution is 5.56. The van der Waals surface area contributed by atoms with Crippen molar-refractivity contribution < 1.29 is 14.6 Å². The fraction of sp³-hybridized carbons (Fsp3) is 0.833. The Morgan fingerprint density at radius 2 is 2.30 bits per heavy atom. The maximum atomic E-state index is 10.2. The Labute approximate surface area is 59.0 Å². The summed E-state index contributed by atoms with van der Waals surface area (Å²) in [5.41, 5.74) is 5.35. The predicted octanol–water partition coefficient (Wildman–Crippen LogP) is -0.990. The Balaban J connectivity index is 2.42. The summed E-state index contributed by atoms with van der Waals surface area (Å²) in [5.74, 6) is 0. The van der Waals surface area contributed by atoms with E-state index in [0.717, 1.165) is 0 Å². The fourth-order valence-corrected chi connectivity index (χ4v) is 1.06. The summed E-state index contributed by atoms with van der Waals surface area (Å²) in [5, 5.41) is 9.06. The van der Waals surface area contributed by atoms with E-state index in [0.29, 0.717) is 19.1 Å². The van der Waals surface area contributed by atoms with E-state index in [-0.39, 0.29) is 0 Å². The van der Waals surface area contributed by atoms with Crippen molar-refractivity contribution in [2.75, 3.05) is 0 Å². The van der Waals surface area contributed by atoms with Crippen molar-refractivity contribution in [2.24, 2.45) is 5.73 Å². The highest BCUT2D eigenvalue weighted by Gasteiger charge is 2.25. The average Bonchev–Trinajstić information content (AvgIpc) is 1.85. The molecule has 1 unspecified atom stereocenters. The van der Waals surface area contributed by atoms with Crippen molar-refractivity contribution >= 4 is 6.29 Å². The Kier molecular flexibility index (Phi) is 2.37. The molecule has 1 aliphatic rings. The number of carbonyl (C=O) groups excluding carboxylic acids is 1. The first-order valence-electron chi connectivity index (χ1n) is 3.26. The van der Waals surface area contributed by atoms with Crippen LogP contribution in [0.3, 0.4) is 0 Å². The van der Waals surface area contributed by atoms with Crippen molar-refractivity contribution in [1.82, 2.24) is 0 Å². The summed E-state index contributed by atoms with van der Waals surface area (Å²) < 4.78 is 4.96. The van der Waals surface area contributed by atoms with E-state index in [1.165, 1.54) is 0 Å². The van der Waals surface area contributed by atoms with Gasteiger partial charge in [0.05, 0.1) is 6.10 Å². The van der Waals surface area contributed by atoms with E-state index in [9.17, 15) is 4.79 Å². The van der Waals surface area contributed by atoms with Gasteiger partial charge in [0.25, 0.3) is 0 Å². The Morgan fingerprint density at radius 3 is 2.80 bits per heavy atom. The van der Waals surface area contributed by atoms with Crippen LogP contribution < -0.4 is 5.73 Å². The molecule has 1 aliphatic heterocycles. The van der Waals surface area contributed by atoms with Crippen molar-refractivity contribution in [2.45, 2.75) is 31.3 Å². The largest absolute Gasteiger partial charge is 0.393 e. The minimum atomic E-state index is -0.515. The SMILES string of the molecule is N[C@H]1C[C@@H](O)CC(C=O)O1. The lowest BCUT2D eigenvalue weighted by Crippen LogP contribution is -2.41. The number of aliphatic hydroxyl groups excluding tert-OH is 1. The molecule has 0 aliphatic carbocycles. The van der Waals surface area contributed by atoms with Gasteiger partial charge in [0.15, 0.2) is 0 Å². The van der Waals surface area contributed by atoms with Crippen LogP contribution in [0.5, 0.6) is 0 Å². The lowest BCUT2D eigenvalue weighted by Gasteiger charge is -2.27. The smallest absolute Gasteiger partial charge is 0.148 e. The van der Waals surface area contributed by atoms with Gasteiger partial charge in [0, 0.05) is 12.8 Å². The molecular weight excluding hydrogens is 134 g/mol. The number of hydrogen-bond acceptors (Lipinski definition) is 4. The van der Waals surface area contributed by atoms with Crippen LogP contribution in [0.25, 0.3) is 0 Å². The molecule has 1 saturated heterocycles. The molecule has 0 spiro atoms. The third-order valence-corrected chi connectivity index (χ3v) is 1.51. The van der Waals surface area contributed by atoms with E-state index in [1.807, 2.05) is 0 Å². The van der Waals surface area contributed by atoms with Crippen molar-refractivity contribution in [1.29, 1.82) is 0 Å². The van der Waals surface area contributed by atoms with Gasteiger partial charge in [-0.15, -0.1) is 0 Å². The number of carbonyl (C=O) groups is 1. The van der Waals surface area contributed by atoms with Crippen LogP contribution in [-0.2, 0) is 9.53 Å². The maximum Gasteiger partial charge on any atom is 0.148 e. The van der Waals surface area contributed by atoms with Gasteiger partial charge in [-0.05, 0) is 0 Å². The zero-order chi connectivity index (χ0) is 7.56. The minimum Gasteiger partial charge on any atom is -0.393 e. The Bertz CT molecular complexity index is 118. The van der Waals surface area contributed by atoms with Gasteiger partial charge in [0.2, 0.25) is 0 Å². The minimum absolute atomic E-state index is 0.372. The Hall–Kier alpha value is -0.450. The van der Waals surface area contributed by atoms with E-state index in [2.05, 4.69) is 0 Å². The van der Waals surface area contributed by atoms with Crippen LogP contribution in [0.4, 0.5) is 0 Å². The normalized spacial score (nSPS) is 41.2. The molecule has 0 aromatic heterocycles. The first-order valence-corrected chi connectivity index (χ1v) is 3.26. The highest BCUT2D eigenvalue weighted by atomic mass is 16.5. The second-order valence-electron chi connectivity index (χ2n) is 2.47. The summed E-state index contributed by atoms with van der Waals surface area (Å²) in [6.07, 6.45) is -0.0271. The van der Waals surface area contributed by atoms with Gasteiger partial charge in [-0.3, -0.25) is 0 Å². The fourth-order valence-electron chi connectivity index (χ4n) is 1.06. The molecule has 0 bridgehead atoms. The van der Waals surface area contributed by atoms with Gasteiger partial charge in [-0.1, -0.05) is 0 Å². The molecule has 1 rings (SSSR count). The average molecular weight is 145 g/mol. The number of aldehydes is 1. The molecular formula is C6H11NO3. The summed E-state index contributed by atoms with van der Waals surface area (Å²) in [6, 6.07) is 0. The van der Waals surface area contributed by atoms with Crippen molar-refractivity contribution in [3.8, 4) is 0 Å². The van der Waals surface area contributed by atoms with Gasteiger partial charge in [-0.2, -0.15) is 0 Å². The quantitative estimate of drug-likeness (QED) is 0.465. The first kappa shape index (κ1) is 7.65. The lowest BCUT2D eigenvalue weighted by molar-refractivity contribution is -0.134. The molecule has 4 nitrogen and oxygen atoms in total. The number of rotatable bonds is 1. The molecule has 0 aromatic carbocycles. The first-order chi connectivity index (χ1) is 4.72. The molecule has 58 valence electrons. The lowest BCUT2D eigenvalue weighted by atomic mass is 10.1. The van der Waals surface area contributed by atoms with E-state index in [1.54, 1.807) is 0 Å². The number of hydrogen-bond donors (Lipinski definition) is 2. The van der Waals surface area contributed by atoms with Gasteiger partial charge < -0.3 is 20.4 Å². The highest BCUT2D eigenvalue weighted by Crippen LogP contribution is 2.14. The summed E-state index contributed by atoms with van der Waals surface area (Å²) in [6.45, 7) is 0. The number of ether oxygens (including phenoxy) is 1. The van der Waals surface area contributed by atoms with Crippen LogP contribution in [0.2, 0.25) is 0 Å². The summed E-state index contributed by atoms with van der Waals surface area (Å²) in [7, 11) is 0. The second kappa shape index (κ2) is 3.09. The molecule has 4 heteroatoms. The predicted molar refractivity (Wildman–Crippen MR) is 34.2 cm³/mol. The third kappa shape index (κ3) is 1.76. The van der Waals surface area contributed by atoms with Crippen LogP contribution >= 0.6 is 0 Å². The molecule has 0 amide bonds. The topological polar surface area (TPSA) is 72.5 Å². The van der Waals surface area contributed by atoms with Crippen LogP contribution in [0.15, 0.2) is 0 Å². The standard InChI is InChI=1S/C6H11NO3/c7-6-2-4(9)1-5(3-8)10-6/h3-6,9H,1-2,7H2/t4-,5?,6+/m0/s1. The molecule has 0 saturated carbocycles. The summed E-state index contributed by atoms with van der Waals surface area (Å²) in [4.78, 5) is 10.2. The van der Waals surface area contributed by atoms with Gasteiger partial charge in [-0.25, -0.2) is 0 Å². The maximum absolute atomic E-state index is 10.2. The molecule has 10 heavy (non-hydrogen) atoms. The second-order valence-corrected chi connectivity index (χ2v) is 2.47. The van der Waals surface area contributed by atoms with E-state index >= 15 is 0 Å². The van der Waals surface area contributed by atoms with E-state index in [4.69, 9.17) is 15.6 Å². The van der Waals surface area contributed by atoms with Crippen LogP contribution in [0.1, 0.15) is 12.8 Å². The van der Waals surface area contributed by atoms with Crippen molar-refractivity contribution in [3.05, 3.63) is 0 Å². The molecule has 1 heterocycles. The Morgan fingerprint density at radius 1 is 1.60 bits per heavy atom. The number of nitrogens with two attached hydrogens (primary N) is 1. The monoisotopic (exact) mass is 145 g/mol. The zero-order valence-electron chi connectivity index (χ0n) is 5.56. The summed E-state index contributed by atoms with van der Waals surface area (Å²) >= 11 is 0. The molecule has 0 radical (unpaired) electrons. The van der Waals surface area contributed by atoms with Gasteiger partial charge >= 0.3 is 0 Å². The van der Waals surface area contributed by atoms with E-state index < -0.39 is 18.4 Å². The molecule has 3 atom stereocenters. The molecule has 3 N–H and O–H groups in total. The molecule has 0 aromatic rings.